The monoisotopic (exact) mass is 549 g/mol. The molecule has 0 spiro atoms. The van der Waals surface area contributed by atoms with Gasteiger partial charge in [0.2, 0.25) is 21.8 Å². The largest absolute Gasteiger partial charge is 0.352 e. The van der Waals surface area contributed by atoms with Gasteiger partial charge in [-0.05, 0) is 42.5 Å². The van der Waals surface area contributed by atoms with Crippen LogP contribution < -0.4 is 9.62 Å². The van der Waals surface area contributed by atoms with Crippen LogP contribution >= 0.6 is 0 Å². The van der Waals surface area contributed by atoms with Gasteiger partial charge in [0.15, 0.2) is 0 Å². The van der Waals surface area contributed by atoms with Gasteiger partial charge in [0.1, 0.15) is 12.6 Å². The van der Waals surface area contributed by atoms with E-state index in [1.807, 2.05) is 93.6 Å². The summed E-state index contributed by atoms with van der Waals surface area (Å²) in [5.41, 5.74) is 3.05. The maximum absolute atomic E-state index is 14.1. The standard InChI is InChI=1S/C31H39N3O4S/c1-5-24(3)32-31(36)29(21-25-15-9-7-10-16-25)33(22-26-17-11-8-12-18-26)30(35)23-34(39(4,37)38)28-20-14-13-19-27(28)6-2/h7-20,24,29H,5-6,21-23H2,1-4H3,(H,32,36)/t24-,29+/m0/s1. The topological polar surface area (TPSA) is 86.8 Å². The summed E-state index contributed by atoms with van der Waals surface area (Å²) in [6.45, 7) is 5.60. The molecular weight excluding hydrogens is 510 g/mol. The Morgan fingerprint density at radius 3 is 1.97 bits per heavy atom. The molecule has 0 heterocycles. The van der Waals surface area contributed by atoms with Gasteiger partial charge in [-0.15, -0.1) is 0 Å². The molecule has 0 aromatic heterocycles. The molecule has 0 aliphatic rings. The van der Waals surface area contributed by atoms with Gasteiger partial charge in [0.05, 0.1) is 11.9 Å². The summed E-state index contributed by atoms with van der Waals surface area (Å²) in [6.07, 6.45) is 2.75. The van der Waals surface area contributed by atoms with Gasteiger partial charge in [-0.1, -0.05) is 92.7 Å². The average Bonchev–Trinajstić information content (AvgIpc) is 2.93. The molecule has 0 saturated heterocycles. The minimum absolute atomic E-state index is 0.0756. The molecule has 3 aromatic rings. The van der Waals surface area contributed by atoms with Crippen molar-refractivity contribution in [1.29, 1.82) is 0 Å². The van der Waals surface area contributed by atoms with Crippen LogP contribution in [0.25, 0.3) is 0 Å². The molecule has 0 radical (unpaired) electrons. The van der Waals surface area contributed by atoms with Gasteiger partial charge in [-0.2, -0.15) is 0 Å². The number of benzene rings is 3. The number of para-hydroxylation sites is 1. The molecule has 3 aromatic carbocycles. The van der Waals surface area contributed by atoms with E-state index in [1.165, 1.54) is 4.90 Å². The highest BCUT2D eigenvalue weighted by Gasteiger charge is 2.33. The fraction of sp³-hybridized carbons (Fsp3) is 0.355. The summed E-state index contributed by atoms with van der Waals surface area (Å²) in [4.78, 5) is 29.3. The number of nitrogens with one attached hydrogen (secondary N) is 1. The summed E-state index contributed by atoms with van der Waals surface area (Å²) in [5.74, 6) is -0.715. The molecule has 7 nitrogen and oxygen atoms in total. The Balaban J connectivity index is 2.06. The molecule has 1 N–H and O–H groups in total. The number of nitrogens with zero attached hydrogens (tertiary/aromatic N) is 2. The first kappa shape index (κ1) is 29.9. The molecule has 0 saturated carbocycles. The third-order valence-corrected chi connectivity index (χ3v) is 7.91. The van der Waals surface area contributed by atoms with Gasteiger partial charge in [-0.25, -0.2) is 8.42 Å². The molecule has 208 valence electrons. The van der Waals surface area contributed by atoms with Crippen molar-refractivity contribution >= 4 is 27.5 Å². The lowest BCUT2D eigenvalue weighted by Gasteiger charge is -2.34. The van der Waals surface area contributed by atoms with Crippen molar-refractivity contribution in [3.8, 4) is 0 Å². The Labute approximate surface area is 232 Å². The lowest BCUT2D eigenvalue weighted by atomic mass is 10.0. The van der Waals surface area contributed by atoms with Crippen LogP contribution in [0.1, 0.15) is 43.9 Å². The zero-order valence-corrected chi connectivity index (χ0v) is 24.0. The second kappa shape index (κ2) is 13.9. The quantitative estimate of drug-likeness (QED) is 0.338. The number of aryl methyl sites for hydroxylation is 1. The number of hydrogen-bond donors (Lipinski definition) is 1. The first-order valence-corrected chi connectivity index (χ1v) is 15.2. The normalized spacial score (nSPS) is 12.8. The predicted molar refractivity (Wildman–Crippen MR) is 157 cm³/mol. The number of carbonyl (C=O) groups is 2. The van der Waals surface area contributed by atoms with Crippen LogP contribution in [0.15, 0.2) is 84.9 Å². The molecule has 3 rings (SSSR count). The van der Waals surface area contributed by atoms with Gasteiger partial charge < -0.3 is 10.2 Å². The van der Waals surface area contributed by atoms with Crippen molar-refractivity contribution in [3.05, 3.63) is 102 Å². The number of carbonyl (C=O) groups excluding carboxylic acids is 2. The minimum Gasteiger partial charge on any atom is -0.352 e. The smallest absolute Gasteiger partial charge is 0.244 e. The first-order chi connectivity index (χ1) is 18.6. The van der Waals surface area contributed by atoms with Crippen LogP contribution in [0.3, 0.4) is 0 Å². The summed E-state index contributed by atoms with van der Waals surface area (Å²) in [5, 5.41) is 3.04. The number of amides is 2. The summed E-state index contributed by atoms with van der Waals surface area (Å²) >= 11 is 0. The third kappa shape index (κ3) is 8.42. The van der Waals surface area contributed by atoms with E-state index in [0.717, 1.165) is 33.7 Å². The van der Waals surface area contributed by atoms with E-state index in [4.69, 9.17) is 0 Å². The van der Waals surface area contributed by atoms with Crippen molar-refractivity contribution in [2.75, 3.05) is 17.1 Å². The molecule has 2 amide bonds. The highest BCUT2D eigenvalue weighted by molar-refractivity contribution is 7.92. The zero-order chi connectivity index (χ0) is 28.4. The van der Waals surface area contributed by atoms with Gasteiger partial charge >= 0.3 is 0 Å². The predicted octanol–water partition coefficient (Wildman–Crippen LogP) is 4.57. The van der Waals surface area contributed by atoms with Crippen molar-refractivity contribution in [2.24, 2.45) is 0 Å². The fourth-order valence-electron chi connectivity index (χ4n) is 4.42. The van der Waals surface area contributed by atoms with Crippen LogP contribution in [-0.2, 0) is 39.0 Å². The zero-order valence-electron chi connectivity index (χ0n) is 23.2. The van der Waals surface area contributed by atoms with Gasteiger partial charge in [-0.3, -0.25) is 13.9 Å². The fourth-order valence-corrected chi connectivity index (χ4v) is 5.30. The van der Waals surface area contributed by atoms with E-state index in [-0.39, 0.29) is 18.5 Å². The highest BCUT2D eigenvalue weighted by atomic mass is 32.2. The van der Waals surface area contributed by atoms with E-state index in [1.54, 1.807) is 12.1 Å². The molecule has 8 heteroatoms. The average molecular weight is 550 g/mol. The number of anilines is 1. The number of sulfonamides is 1. The first-order valence-electron chi connectivity index (χ1n) is 13.4. The summed E-state index contributed by atoms with van der Waals surface area (Å²) in [6, 6.07) is 25.3. The number of hydrogen-bond acceptors (Lipinski definition) is 4. The molecule has 0 bridgehead atoms. The Morgan fingerprint density at radius 2 is 1.41 bits per heavy atom. The second-order valence-electron chi connectivity index (χ2n) is 9.78. The van der Waals surface area contributed by atoms with Crippen molar-refractivity contribution in [3.63, 3.8) is 0 Å². The van der Waals surface area contributed by atoms with E-state index < -0.39 is 28.5 Å². The molecule has 39 heavy (non-hydrogen) atoms. The molecular formula is C31H39N3O4S. The van der Waals surface area contributed by atoms with Crippen molar-refractivity contribution < 1.29 is 18.0 Å². The Hall–Kier alpha value is -3.65. The molecule has 0 unspecified atom stereocenters. The van der Waals surface area contributed by atoms with Crippen molar-refractivity contribution in [2.45, 2.75) is 58.7 Å². The Bertz CT molecular complexity index is 1330. The maximum atomic E-state index is 14.1. The number of rotatable bonds is 13. The Kier molecular flexibility index (Phi) is 10.7. The molecule has 0 aliphatic carbocycles. The van der Waals surface area contributed by atoms with E-state index >= 15 is 0 Å². The summed E-state index contributed by atoms with van der Waals surface area (Å²) < 4.78 is 27.1. The lowest BCUT2D eigenvalue weighted by molar-refractivity contribution is -0.140. The van der Waals surface area contributed by atoms with Gasteiger partial charge in [0, 0.05) is 19.0 Å². The van der Waals surface area contributed by atoms with Crippen LogP contribution in [-0.4, -0.2) is 50.0 Å². The molecule has 2 atom stereocenters. The van der Waals surface area contributed by atoms with Crippen molar-refractivity contribution in [1.82, 2.24) is 10.2 Å². The van der Waals surface area contributed by atoms with E-state index in [9.17, 15) is 18.0 Å². The van der Waals surface area contributed by atoms with Crippen LogP contribution in [0.5, 0.6) is 0 Å². The van der Waals surface area contributed by atoms with E-state index in [0.29, 0.717) is 18.5 Å². The van der Waals surface area contributed by atoms with Crippen LogP contribution in [0.4, 0.5) is 5.69 Å². The Morgan fingerprint density at radius 1 is 0.846 bits per heavy atom. The van der Waals surface area contributed by atoms with Crippen LogP contribution in [0.2, 0.25) is 0 Å². The molecule has 0 fully saturated rings. The van der Waals surface area contributed by atoms with Crippen LogP contribution in [0, 0.1) is 0 Å². The minimum atomic E-state index is -3.79. The lowest BCUT2D eigenvalue weighted by Crippen LogP contribution is -2.54. The third-order valence-electron chi connectivity index (χ3n) is 6.79. The highest BCUT2D eigenvalue weighted by Crippen LogP contribution is 2.24. The molecule has 0 aliphatic heterocycles. The maximum Gasteiger partial charge on any atom is 0.244 e. The SMILES string of the molecule is CCc1ccccc1N(CC(=O)N(Cc1ccccc1)[C@H](Cc1ccccc1)C(=O)N[C@@H](C)CC)S(C)(=O)=O. The van der Waals surface area contributed by atoms with E-state index in [2.05, 4.69) is 5.32 Å². The summed E-state index contributed by atoms with van der Waals surface area (Å²) in [7, 11) is -3.79. The van der Waals surface area contributed by atoms with Gasteiger partial charge in [0.25, 0.3) is 0 Å². The second-order valence-corrected chi connectivity index (χ2v) is 11.7.